The van der Waals surface area contributed by atoms with E-state index < -0.39 is 0 Å². The Morgan fingerprint density at radius 2 is 1.62 bits per heavy atom. The second-order valence-electron chi connectivity index (χ2n) is 7.76. The lowest BCUT2D eigenvalue weighted by molar-refractivity contribution is 0.103. The highest BCUT2D eigenvalue weighted by atomic mass is 16.6. The van der Waals surface area contributed by atoms with Crippen LogP contribution in [0.4, 0.5) is 4.79 Å². The maximum atomic E-state index is 12.6. The zero-order chi connectivity index (χ0) is 22.5. The van der Waals surface area contributed by atoms with Gasteiger partial charge >= 0.3 is 6.09 Å². The molecule has 4 rings (SSSR count). The number of benzene rings is 3. The molecule has 1 amide bonds. The Morgan fingerprint density at radius 1 is 0.969 bits per heavy atom. The van der Waals surface area contributed by atoms with Crippen molar-refractivity contribution in [2.75, 3.05) is 33.9 Å². The van der Waals surface area contributed by atoms with Crippen LogP contribution in [0.2, 0.25) is 0 Å². The first-order valence-electron chi connectivity index (χ1n) is 10.7. The minimum atomic E-state index is -0.374. The van der Waals surface area contributed by atoms with Crippen LogP contribution in [0.25, 0.3) is 11.1 Å². The van der Waals surface area contributed by atoms with Crippen molar-refractivity contribution in [1.82, 2.24) is 4.90 Å². The average molecular weight is 433 g/mol. The van der Waals surface area contributed by atoms with Gasteiger partial charge in [0.1, 0.15) is 13.2 Å². The van der Waals surface area contributed by atoms with Gasteiger partial charge < -0.3 is 24.8 Å². The number of carbonyl (C=O) groups excluding carboxylic acids is 1. The van der Waals surface area contributed by atoms with Crippen LogP contribution in [-0.2, 0) is 11.3 Å². The molecule has 0 radical (unpaired) electrons. The van der Waals surface area contributed by atoms with Crippen LogP contribution in [0.3, 0.4) is 0 Å². The largest absolute Gasteiger partial charge is 0.493 e. The second-order valence-corrected chi connectivity index (χ2v) is 7.76. The predicted molar refractivity (Wildman–Crippen MR) is 124 cm³/mol. The number of fused-ring (bicyclic) bond motifs is 3. The van der Waals surface area contributed by atoms with E-state index in [1.807, 2.05) is 42.5 Å². The summed E-state index contributed by atoms with van der Waals surface area (Å²) in [5, 5.41) is 0. The molecular formula is C26H28N2O4. The Morgan fingerprint density at radius 3 is 2.25 bits per heavy atom. The predicted octanol–water partition coefficient (Wildman–Crippen LogP) is 4.41. The van der Waals surface area contributed by atoms with Crippen molar-refractivity contribution < 1.29 is 19.0 Å². The lowest BCUT2D eigenvalue weighted by Gasteiger charge is -2.20. The maximum absolute atomic E-state index is 12.6. The van der Waals surface area contributed by atoms with Crippen molar-refractivity contribution in [3.05, 3.63) is 83.4 Å². The minimum Gasteiger partial charge on any atom is -0.493 e. The van der Waals surface area contributed by atoms with Crippen LogP contribution in [-0.4, -0.2) is 44.9 Å². The van der Waals surface area contributed by atoms with Crippen molar-refractivity contribution in [3.63, 3.8) is 0 Å². The summed E-state index contributed by atoms with van der Waals surface area (Å²) in [5.41, 5.74) is 11.4. The van der Waals surface area contributed by atoms with Gasteiger partial charge in [-0.2, -0.15) is 0 Å². The molecule has 0 aromatic heterocycles. The number of hydrogen-bond donors (Lipinski definition) is 1. The Balaban J connectivity index is 1.32. The van der Waals surface area contributed by atoms with E-state index in [2.05, 4.69) is 24.3 Å². The number of rotatable bonds is 8. The van der Waals surface area contributed by atoms with E-state index in [9.17, 15) is 4.79 Å². The molecule has 32 heavy (non-hydrogen) atoms. The zero-order valence-electron chi connectivity index (χ0n) is 18.4. The first-order valence-corrected chi connectivity index (χ1v) is 10.7. The van der Waals surface area contributed by atoms with Crippen molar-refractivity contribution in [1.29, 1.82) is 0 Å². The summed E-state index contributed by atoms with van der Waals surface area (Å²) >= 11 is 0. The van der Waals surface area contributed by atoms with Gasteiger partial charge in [0.05, 0.1) is 13.7 Å². The molecule has 6 heteroatoms. The normalized spacial score (nSPS) is 12.1. The number of likely N-dealkylation sites (N-methyl/N-ethyl adjacent to an activating group) is 1. The molecule has 0 aliphatic heterocycles. The Labute approximate surface area is 188 Å². The first kappa shape index (κ1) is 21.7. The summed E-state index contributed by atoms with van der Waals surface area (Å²) in [6, 6.07) is 22.2. The molecule has 2 N–H and O–H groups in total. The molecule has 1 aliphatic rings. The molecule has 0 atom stereocenters. The summed E-state index contributed by atoms with van der Waals surface area (Å²) in [6.45, 7) is 1.44. The number of methoxy groups -OCH3 is 1. The highest BCUT2D eigenvalue weighted by molar-refractivity contribution is 5.79. The van der Waals surface area contributed by atoms with E-state index in [4.69, 9.17) is 19.9 Å². The highest BCUT2D eigenvalue weighted by Crippen LogP contribution is 2.44. The molecule has 0 unspecified atom stereocenters. The molecule has 6 nitrogen and oxygen atoms in total. The molecule has 0 heterocycles. The Bertz CT molecular complexity index is 1050. The van der Waals surface area contributed by atoms with Crippen LogP contribution in [0, 0.1) is 0 Å². The maximum Gasteiger partial charge on any atom is 0.409 e. The van der Waals surface area contributed by atoms with E-state index in [0.29, 0.717) is 37.8 Å². The van der Waals surface area contributed by atoms with Gasteiger partial charge in [0.25, 0.3) is 0 Å². The van der Waals surface area contributed by atoms with Gasteiger partial charge in [-0.05, 0) is 39.9 Å². The summed E-state index contributed by atoms with van der Waals surface area (Å²) in [5.74, 6) is 1.28. The van der Waals surface area contributed by atoms with E-state index in [0.717, 1.165) is 5.56 Å². The Hall–Kier alpha value is -3.51. The molecule has 0 saturated carbocycles. The average Bonchev–Trinajstić information content (AvgIpc) is 3.16. The first-order chi connectivity index (χ1) is 15.6. The van der Waals surface area contributed by atoms with Crippen molar-refractivity contribution >= 4 is 6.09 Å². The van der Waals surface area contributed by atoms with Crippen molar-refractivity contribution in [2.24, 2.45) is 5.73 Å². The second kappa shape index (κ2) is 9.75. The van der Waals surface area contributed by atoms with E-state index >= 15 is 0 Å². The van der Waals surface area contributed by atoms with Gasteiger partial charge in [0.2, 0.25) is 0 Å². The topological polar surface area (TPSA) is 74.0 Å². The number of hydrogen-bond acceptors (Lipinski definition) is 5. The monoisotopic (exact) mass is 432 g/mol. The fourth-order valence-corrected chi connectivity index (χ4v) is 4.05. The van der Waals surface area contributed by atoms with Crippen LogP contribution in [0.1, 0.15) is 22.6 Å². The smallest absolute Gasteiger partial charge is 0.409 e. The van der Waals surface area contributed by atoms with Crippen LogP contribution < -0.4 is 15.2 Å². The van der Waals surface area contributed by atoms with Gasteiger partial charge in [-0.25, -0.2) is 4.79 Å². The molecule has 1 aliphatic carbocycles. The van der Waals surface area contributed by atoms with Crippen molar-refractivity contribution in [2.45, 2.75) is 12.5 Å². The van der Waals surface area contributed by atoms with Gasteiger partial charge in [-0.1, -0.05) is 54.6 Å². The van der Waals surface area contributed by atoms with Gasteiger partial charge in [0.15, 0.2) is 11.5 Å². The number of nitrogens with two attached hydrogens (primary N) is 1. The molecule has 3 aromatic rings. The third kappa shape index (κ3) is 4.41. The summed E-state index contributed by atoms with van der Waals surface area (Å²) in [7, 11) is 3.29. The molecule has 0 saturated heterocycles. The molecule has 166 valence electrons. The van der Waals surface area contributed by atoms with Gasteiger partial charge in [-0.15, -0.1) is 0 Å². The Kier molecular flexibility index (Phi) is 6.61. The van der Waals surface area contributed by atoms with E-state index in [-0.39, 0.29) is 12.0 Å². The van der Waals surface area contributed by atoms with E-state index in [1.165, 1.54) is 27.2 Å². The fourth-order valence-electron chi connectivity index (χ4n) is 4.05. The molecular weight excluding hydrogens is 404 g/mol. The van der Waals surface area contributed by atoms with Gasteiger partial charge in [0, 0.05) is 19.5 Å². The summed E-state index contributed by atoms with van der Waals surface area (Å²) in [4.78, 5) is 14.1. The summed E-state index contributed by atoms with van der Waals surface area (Å²) in [6.07, 6.45) is -0.374. The summed E-state index contributed by atoms with van der Waals surface area (Å²) < 4.78 is 16.8. The number of carbonyl (C=O) groups is 1. The standard InChI is InChI=1S/C26H28N2O4/c1-28(13-14-31-24-12-11-18(16-27)15-25(24)30-2)26(29)32-17-23-21-9-5-3-7-19(21)20-8-4-6-10-22(20)23/h3-12,15,23H,13-14,16-17,27H2,1-2H3. The van der Waals surface area contributed by atoms with Crippen molar-refractivity contribution in [3.8, 4) is 22.6 Å². The molecule has 3 aromatic carbocycles. The molecule has 0 fully saturated rings. The SMILES string of the molecule is COc1cc(CN)ccc1OCCN(C)C(=O)OCC1c2ccccc2-c2ccccc21. The minimum absolute atomic E-state index is 0.0429. The quantitative estimate of drug-likeness (QED) is 0.571. The number of nitrogens with zero attached hydrogens (tertiary/aromatic N) is 1. The zero-order valence-corrected chi connectivity index (χ0v) is 18.4. The third-order valence-corrected chi connectivity index (χ3v) is 5.80. The van der Waals surface area contributed by atoms with Gasteiger partial charge in [-0.3, -0.25) is 0 Å². The number of amides is 1. The van der Waals surface area contributed by atoms with Crippen LogP contribution in [0.15, 0.2) is 66.7 Å². The van der Waals surface area contributed by atoms with E-state index in [1.54, 1.807) is 14.2 Å². The van der Waals surface area contributed by atoms with Crippen LogP contribution in [0.5, 0.6) is 11.5 Å². The lowest BCUT2D eigenvalue weighted by Crippen LogP contribution is -2.32. The molecule has 0 spiro atoms. The van der Waals surface area contributed by atoms with Crippen LogP contribution >= 0.6 is 0 Å². The highest BCUT2D eigenvalue weighted by Gasteiger charge is 2.29. The third-order valence-electron chi connectivity index (χ3n) is 5.80. The molecule has 0 bridgehead atoms. The fraction of sp³-hybridized carbons (Fsp3) is 0.269. The number of ether oxygens (including phenoxy) is 3. The lowest BCUT2D eigenvalue weighted by atomic mass is 9.98.